The summed E-state index contributed by atoms with van der Waals surface area (Å²) in [5.74, 6) is 2.30. The highest BCUT2D eigenvalue weighted by molar-refractivity contribution is 6.33. The summed E-state index contributed by atoms with van der Waals surface area (Å²) >= 11 is 6.49. The predicted octanol–water partition coefficient (Wildman–Crippen LogP) is 5.09. The molecule has 0 radical (unpaired) electrons. The molecule has 6 nitrogen and oxygen atoms in total. The molecule has 1 unspecified atom stereocenters. The van der Waals surface area contributed by atoms with Gasteiger partial charge in [-0.15, -0.1) is 0 Å². The maximum atomic E-state index is 6.49. The SMILES string of the molecule is C[C@@H]1CC(CNc2cccc(-c3cc(NC4CCC(N)CC4)ncc3Cl)n2)C[C@H](C)O1. The zero-order chi connectivity index (χ0) is 21.8. The van der Waals surface area contributed by atoms with Crippen LogP contribution in [0.15, 0.2) is 30.5 Å². The average Bonchev–Trinajstić information content (AvgIpc) is 2.75. The van der Waals surface area contributed by atoms with E-state index in [4.69, 9.17) is 27.1 Å². The molecule has 2 aliphatic rings. The lowest BCUT2D eigenvalue weighted by Crippen LogP contribution is -2.33. The molecule has 4 rings (SSSR count). The Morgan fingerprint density at radius 3 is 2.58 bits per heavy atom. The van der Waals surface area contributed by atoms with Crippen molar-refractivity contribution in [3.63, 3.8) is 0 Å². The summed E-state index contributed by atoms with van der Waals surface area (Å²) in [4.78, 5) is 9.31. The second-order valence-electron chi connectivity index (χ2n) is 9.19. The molecule has 0 bridgehead atoms. The van der Waals surface area contributed by atoms with Gasteiger partial charge in [0.25, 0.3) is 0 Å². The van der Waals surface area contributed by atoms with Crippen LogP contribution >= 0.6 is 11.6 Å². The topological polar surface area (TPSA) is 85.1 Å². The third-order valence-corrected chi connectivity index (χ3v) is 6.67. The molecule has 4 N–H and O–H groups in total. The molecule has 0 amide bonds. The predicted molar refractivity (Wildman–Crippen MR) is 128 cm³/mol. The molecule has 1 saturated heterocycles. The average molecular weight is 444 g/mol. The number of nitrogens with zero attached hydrogens (tertiary/aromatic N) is 2. The number of nitrogens with one attached hydrogen (secondary N) is 2. The van der Waals surface area contributed by atoms with Crippen LogP contribution in [0.1, 0.15) is 52.4 Å². The van der Waals surface area contributed by atoms with Gasteiger partial charge in [-0.3, -0.25) is 0 Å². The van der Waals surface area contributed by atoms with Crippen molar-refractivity contribution in [1.82, 2.24) is 9.97 Å². The molecule has 3 atom stereocenters. The van der Waals surface area contributed by atoms with Crippen LogP contribution in [0.25, 0.3) is 11.3 Å². The van der Waals surface area contributed by atoms with E-state index in [0.717, 1.165) is 68.0 Å². The summed E-state index contributed by atoms with van der Waals surface area (Å²) in [6.07, 6.45) is 8.75. The van der Waals surface area contributed by atoms with Gasteiger partial charge in [-0.2, -0.15) is 0 Å². The quantitative estimate of drug-likeness (QED) is 0.576. The third kappa shape index (κ3) is 6.09. The maximum Gasteiger partial charge on any atom is 0.126 e. The Bertz CT molecular complexity index is 861. The van der Waals surface area contributed by atoms with Gasteiger partial charge in [0.05, 0.1) is 22.9 Å². The van der Waals surface area contributed by atoms with E-state index in [1.165, 1.54) is 0 Å². The molecule has 1 saturated carbocycles. The van der Waals surface area contributed by atoms with Crippen molar-refractivity contribution in [3.05, 3.63) is 35.5 Å². The summed E-state index contributed by atoms with van der Waals surface area (Å²) in [6.45, 7) is 5.20. The van der Waals surface area contributed by atoms with Gasteiger partial charge in [0, 0.05) is 30.4 Å². The Morgan fingerprint density at radius 1 is 1.10 bits per heavy atom. The van der Waals surface area contributed by atoms with E-state index < -0.39 is 0 Å². The van der Waals surface area contributed by atoms with Crippen LogP contribution < -0.4 is 16.4 Å². The lowest BCUT2D eigenvalue weighted by atomic mass is 9.92. The zero-order valence-electron chi connectivity index (χ0n) is 18.5. The molecule has 0 spiro atoms. The maximum absolute atomic E-state index is 6.49. The Kier molecular flexibility index (Phi) is 7.31. The number of rotatable bonds is 6. The summed E-state index contributed by atoms with van der Waals surface area (Å²) < 4.78 is 5.85. The number of pyridine rings is 2. The second kappa shape index (κ2) is 10.2. The van der Waals surface area contributed by atoms with Crippen molar-refractivity contribution in [2.24, 2.45) is 11.7 Å². The highest BCUT2D eigenvalue weighted by Crippen LogP contribution is 2.30. The van der Waals surface area contributed by atoms with Gasteiger partial charge in [0.2, 0.25) is 0 Å². The normalized spacial score (nSPS) is 28.8. The molecule has 2 aromatic heterocycles. The van der Waals surface area contributed by atoms with Crippen molar-refractivity contribution >= 4 is 23.2 Å². The van der Waals surface area contributed by atoms with Crippen molar-refractivity contribution in [2.75, 3.05) is 17.2 Å². The van der Waals surface area contributed by atoms with Crippen LogP contribution in [-0.2, 0) is 4.74 Å². The molecule has 168 valence electrons. The van der Waals surface area contributed by atoms with Crippen LogP contribution in [0.4, 0.5) is 11.6 Å². The number of ether oxygens (including phenoxy) is 1. The smallest absolute Gasteiger partial charge is 0.126 e. The van der Waals surface area contributed by atoms with Gasteiger partial charge >= 0.3 is 0 Å². The highest BCUT2D eigenvalue weighted by atomic mass is 35.5. The van der Waals surface area contributed by atoms with E-state index in [2.05, 4.69) is 29.5 Å². The Balaban J connectivity index is 1.43. The standard InChI is InChI=1S/C24H34ClN5O/c1-15-10-17(11-16(2)31-15)13-27-23-5-3-4-22(30-23)20-12-24(28-14-21(20)25)29-19-8-6-18(26)7-9-19/h3-5,12,14-19H,6-11,13,26H2,1-2H3,(H,27,30)(H,28,29)/t15-,16+,17?,18?,19?. The summed E-state index contributed by atoms with van der Waals surface area (Å²) in [5, 5.41) is 7.67. The van der Waals surface area contributed by atoms with Gasteiger partial charge in [-0.1, -0.05) is 17.7 Å². The molecule has 0 aromatic carbocycles. The molecule has 31 heavy (non-hydrogen) atoms. The molecule has 3 heterocycles. The molecule has 7 heteroatoms. The Hall–Kier alpha value is -1.89. The van der Waals surface area contributed by atoms with Crippen molar-refractivity contribution < 1.29 is 4.74 Å². The fourth-order valence-electron chi connectivity index (χ4n) is 4.83. The van der Waals surface area contributed by atoms with Gasteiger partial charge < -0.3 is 21.1 Å². The number of nitrogens with two attached hydrogens (primary N) is 1. The van der Waals surface area contributed by atoms with Gasteiger partial charge in [-0.05, 0) is 76.5 Å². The Morgan fingerprint density at radius 2 is 1.84 bits per heavy atom. The van der Waals surface area contributed by atoms with Crippen molar-refractivity contribution in [3.8, 4) is 11.3 Å². The van der Waals surface area contributed by atoms with E-state index in [0.29, 0.717) is 35.2 Å². The molecule has 2 aromatic rings. The zero-order valence-corrected chi connectivity index (χ0v) is 19.2. The number of hydrogen-bond acceptors (Lipinski definition) is 6. The summed E-state index contributed by atoms with van der Waals surface area (Å²) in [6, 6.07) is 8.77. The van der Waals surface area contributed by atoms with Crippen LogP contribution in [0, 0.1) is 5.92 Å². The monoisotopic (exact) mass is 443 g/mol. The molecular formula is C24H34ClN5O. The van der Waals surface area contributed by atoms with E-state index in [1.807, 2.05) is 24.3 Å². The third-order valence-electron chi connectivity index (χ3n) is 6.37. The van der Waals surface area contributed by atoms with Crippen LogP contribution in [-0.4, -0.2) is 40.8 Å². The van der Waals surface area contributed by atoms with Crippen LogP contribution in [0.2, 0.25) is 5.02 Å². The lowest BCUT2D eigenvalue weighted by molar-refractivity contribution is -0.0495. The van der Waals surface area contributed by atoms with E-state index >= 15 is 0 Å². The molecule has 1 aliphatic carbocycles. The van der Waals surface area contributed by atoms with Crippen LogP contribution in [0.3, 0.4) is 0 Å². The minimum absolute atomic E-state index is 0.316. The van der Waals surface area contributed by atoms with Crippen molar-refractivity contribution in [1.29, 1.82) is 0 Å². The van der Waals surface area contributed by atoms with Gasteiger partial charge in [-0.25, -0.2) is 9.97 Å². The highest BCUT2D eigenvalue weighted by Gasteiger charge is 2.24. The minimum atomic E-state index is 0.316. The molecular weight excluding hydrogens is 410 g/mol. The number of anilines is 2. The largest absolute Gasteiger partial charge is 0.376 e. The minimum Gasteiger partial charge on any atom is -0.376 e. The van der Waals surface area contributed by atoms with Gasteiger partial charge in [0.15, 0.2) is 0 Å². The molecule has 1 aliphatic heterocycles. The fourth-order valence-corrected chi connectivity index (χ4v) is 5.03. The van der Waals surface area contributed by atoms with E-state index in [1.54, 1.807) is 6.20 Å². The first kappa shape index (κ1) is 22.3. The first-order valence-electron chi connectivity index (χ1n) is 11.5. The molecule has 2 fully saturated rings. The number of aromatic nitrogens is 2. The number of halogens is 1. The van der Waals surface area contributed by atoms with Crippen molar-refractivity contribution in [2.45, 2.75) is 76.7 Å². The first-order valence-corrected chi connectivity index (χ1v) is 11.9. The van der Waals surface area contributed by atoms with Crippen LogP contribution in [0.5, 0.6) is 0 Å². The first-order chi connectivity index (χ1) is 15.0. The van der Waals surface area contributed by atoms with E-state index in [-0.39, 0.29) is 0 Å². The number of hydrogen-bond donors (Lipinski definition) is 3. The summed E-state index contributed by atoms with van der Waals surface area (Å²) in [5.41, 5.74) is 7.77. The van der Waals surface area contributed by atoms with E-state index in [9.17, 15) is 0 Å². The Labute approximate surface area is 190 Å². The summed E-state index contributed by atoms with van der Waals surface area (Å²) in [7, 11) is 0. The lowest BCUT2D eigenvalue weighted by Gasteiger charge is -2.32. The van der Waals surface area contributed by atoms with Gasteiger partial charge in [0.1, 0.15) is 11.6 Å². The fraction of sp³-hybridized carbons (Fsp3) is 0.583. The second-order valence-corrected chi connectivity index (χ2v) is 9.60.